The molecule has 6 heteroatoms. The molecule has 1 amide bonds. The molecule has 2 aromatic heterocycles. The number of hydrogen-bond acceptors (Lipinski definition) is 4. The van der Waals surface area contributed by atoms with Gasteiger partial charge in [-0.05, 0) is 78.3 Å². The van der Waals surface area contributed by atoms with Crippen LogP contribution in [0.3, 0.4) is 0 Å². The first-order valence-electron chi connectivity index (χ1n) is 12.6. The smallest absolute Gasteiger partial charge is 0.220 e. The van der Waals surface area contributed by atoms with E-state index in [4.69, 9.17) is 10.1 Å². The van der Waals surface area contributed by atoms with Crippen LogP contribution in [0.4, 0.5) is 0 Å². The van der Waals surface area contributed by atoms with Gasteiger partial charge in [0.15, 0.2) is 5.65 Å². The number of carbonyl (C=O) groups excluding carboxylic acids is 1. The van der Waals surface area contributed by atoms with Crippen molar-refractivity contribution in [2.45, 2.75) is 97.4 Å². The van der Waals surface area contributed by atoms with E-state index >= 15 is 0 Å². The molecule has 32 heavy (non-hydrogen) atoms. The third-order valence-electron chi connectivity index (χ3n) is 7.23. The first kappa shape index (κ1) is 23.2. The number of likely N-dealkylation sites (tertiary alicyclic amines) is 1. The molecule has 1 saturated carbocycles. The summed E-state index contributed by atoms with van der Waals surface area (Å²) in [5.74, 6) is 1.48. The standard InChI is InChI=1S/C26H41N5O/c1-18-22(11-12-25(32)28-26(3,4)5)19(2)31-24(27-18)15-23(29-31)21-13-14-30(17-21)16-20-9-7-6-8-10-20/h15,20-21H,6-14,16-17H2,1-5H3,(H,28,32)/t21-/m1/s1. The molecule has 2 fully saturated rings. The van der Waals surface area contributed by atoms with Crippen LogP contribution in [0.5, 0.6) is 0 Å². The van der Waals surface area contributed by atoms with Gasteiger partial charge in [0.2, 0.25) is 5.91 Å². The number of carbonyl (C=O) groups is 1. The molecule has 0 spiro atoms. The summed E-state index contributed by atoms with van der Waals surface area (Å²) in [6.07, 6.45) is 9.43. The van der Waals surface area contributed by atoms with Crippen LogP contribution in [0.2, 0.25) is 0 Å². The Bertz CT molecular complexity index is 951. The van der Waals surface area contributed by atoms with Crippen molar-refractivity contribution >= 4 is 11.6 Å². The predicted octanol–water partition coefficient (Wildman–Crippen LogP) is 4.56. The molecule has 1 aliphatic carbocycles. The zero-order valence-corrected chi connectivity index (χ0v) is 20.7. The lowest BCUT2D eigenvalue weighted by atomic mass is 9.89. The van der Waals surface area contributed by atoms with Crippen molar-refractivity contribution in [3.8, 4) is 0 Å². The Morgan fingerprint density at radius 1 is 1.16 bits per heavy atom. The Morgan fingerprint density at radius 2 is 1.91 bits per heavy atom. The predicted molar refractivity (Wildman–Crippen MR) is 129 cm³/mol. The Kier molecular flexibility index (Phi) is 6.89. The van der Waals surface area contributed by atoms with Crippen molar-refractivity contribution in [3.05, 3.63) is 28.7 Å². The van der Waals surface area contributed by atoms with E-state index in [0.29, 0.717) is 18.8 Å². The lowest BCUT2D eigenvalue weighted by Crippen LogP contribution is -2.40. The highest BCUT2D eigenvalue weighted by Crippen LogP contribution is 2.31. The van der Waals surface area contributed by atoms with Crippen LogP contribution in [0.15, 0.2) is 6.07 Å². The van der Waals surface area contributed by atoms with E-state index in [1.54, 1.807) is 0 Å². The summed E-state index contributed by atoms with van der Waals surface area (Å²) in [6, 6.07) is 2.19. The first-order chi connectivity index (χ1) is 15.2. The molecule has 176 valence electrons. The van der Waals surface area contributed by atoms with Crippen LogP contribution in [0.1, 0.15) is 94.3 Å². The second-order valence-corrected chi connectivity index (χ2v) is 11.1. The zero-order chi connectivity index (χ0) is 22.9. The van der Waals surface area contributed by atoms with E-state index < -0.39 is 0 Å². The maximum absolute atomic E-state index is 12.3. The molecule has 0 aromatic carbocycles. The van der Waals surface area contributed by atoms with E-state index in [-0.39, 0.29) is 11.4 Å². The van der Waals surface area contributed by atoms with Crippen molar-refractivity contribution in [2.24, 2.45) is 5.92 Å². The van der Waals surface area contributed by atoms with Gasteiger partial charge >= 0.3 is 0 Å². The molecule has 1 saturated heterocycles. The van der Waals surface area contributed by atoms with Gasteiger partial charge in [-0.15, -0.1) is 0 Å². The molecule has 3 heterocycles. The summed E-state index contributed by atoms with van der Waals surface area (Å²) >= 11 is 0. The van der Waals surface area contributed by atoms with Gasteiger partial charge in [-0.3, -0.25) is 4.79 Å². The third kappa shape index (κ3) is 5.51. The number of aryl methyl sites for hydroxylation is 2. The molecular weight excluding hydrogens is 398 g/mol. The summed E-state index contributed by atoms with van der Waals surface area (Å²) in [4.78, 5) is 19.8. The number of rotatable bonds is 6. The number of nitrogens with zero attached hydrogens (tertiary/aromatic N) is 4. The number of hydrogen-bond donors (Lipinski definition) is 1. The van der Waals surface area contributed by atoms with Crippen LogP contribution in [-0.2, 0) is 11.2 Å². The second-order valence-electron chi connectivity index (χ2n) is 11.1. The Morgan fingerprint density at radius 3 is 2.62 bits per heavy atom. The van der Waals surface area contributed by atoms with Gasteiger partial charge in [0.25, 0.3) is 0 Å². The SMILES string of the molecule is Cc1nc2cc([C@@H]3CCN(CC4CCCCC4)C3)nn2c(C)c1CCC(=O)NC(C)(C)C. The van der Waals surface area contributed by atoms with Crippen LogP contribution in [0, 0.1) is 19.8 Å². The molecule has 0 unspecified atom stereocenters. The minimum Gasteiger partial charge on any atom is -0.351 e. The van der Waals surface area contributed by atoms with E-state index in [2.05, 4.69) is 30.1 Å². The van der Waals surface area contributed by atoms with E-state index in [1.807, 2.05) is 25.3 Å². The van der Waals surface area contributed by atoms with Crippen LogP contribution < -0.4 is 5.32 Å². The molecule has 0 radical (unpaired) electrons. The first-order valence-corrected chi connectivity index (χ1v) is 12.6. The number of fused-ring (bicyclic) bond motifs is 1. The number of aromatic nitrogens is 3. The molecule has 1 atom stereocenters. The summed E-state index contributed by atoms with van der Waals surface area (Å²) in [5.41, 5.74) is 5.17. The molecule has 2 aliphatic rings. The average molecular weight is 440 g/mol. The zero-order valence-electron chi connectivity index (χ0n) is 20.7. The molecule has 1 aliphatic heterocycles. The topological polar surface area (TPSA) is 62.5 Å². The largest absolute Gasteiger partial charge is 0.351 e. The fourth-order valence-corrected chi connectivity index (χ4v) is 5.60. The maximum atomic E-state index is 12.3. The Hall–Kier alpha value is -1.95. The van der Waals surface area contributed by atoms with Gasteiger partial charge in [-0.25, -0.2) is 9.50 Å². The van der Waals surface area contributed by atoms with E-state index in [0.717, 1.165) is 35.1 Å². The summed E-state index contributed by atoms with van der Waals surface area (Å²) in [5, 5.41) is 8.04. The van der Waals surface area contributed by atoms with E-state index in [1.165, 1.54) is 57.3 Å². The summed E-state index contributed by atoms with van der Waals surface area (Å²) in [6.45, 7) is 13.8. The van der Waals surface area contributed by atoms with Crippen molar-refractivity contribution in [2.75, 3.05) is 19.6 Å². The molecule has 0 bridgehead atoms. The fourth-order valence-electron chi connectivity index (χ4n) is 5.60. The van der Waals surface area contributed by atoms with Gasteiger partial charge in [0.1, 0.15) is 0 Å². The second kappa shape index (κ2) is 9.50. The van der Waals surface area contributed by atoms with Crippen molar-refractivity contribution in [1.82, 2.24) is 24.8 Å². The number of nitrogens with one attached hydrogen (secondary N) is 1. The fraction of sp³-hybridized carbons (Fsp3) is 0.731. The highest BCUT2D eigenvalue weighted by molar-refractivity contribution is 5.77. The lowest BCUT2D eigenvalue weighted by molar-refractivity contribution is -0.122. The highest BCUT2D eigenvalue weighted by Gasteiger charge is 2.28. The highest BCUT2D eigenvalue weighted by atomic mass is 16.1. The minimum absolute atomic E-state index is 0.0848. The van der Waals surface area contributed by atoms with Gasteiger partial charge < -0.3 is 10.2 Å². The normalized spacial score (nSPS) is 20.8. The molecule has 2 aromatic rings. The van der Waals surface area contributed by atoms with Gasteiger partial charge in [0, 0.05) is 48.4 Å². The average Bonchev–Trinajstić information content (AvgIpc) is 3.34. The van der Waals surface area contributed by atoms with Crippen molar-refractivity contribution in [1.29, 1.82) is 0 Å². The lowest BCUT2D eigenvalue weighted by Gasteiger charge is -2.26. The van der Waals surface area contributed by atoms with Crippen molar-refractivity contribution in [3.63, 3.8) is 0 Å². The van der Waals surface area contributed by atoms with Crippen LogP contribution >= 0.6 is 0 Å². The van der Waals surface area contributed by atoms with Gasteiger partial charge in [-0.2, -0.15) is 5.10 Å². The Labute approximate surface area is 193 Å². The van der Waals surface area contributed by atoms with Gasteiger partial charge in [-0.1, -0.05) is 19.3 Å². The van der Waals surface area contributed by atoms with Gasteiger partial charge in [0.05, 0.1) is 5.69 Å². The molecule has 1 N–H and O–H groups in total. The minimum atomic E-state index is -0.202. The van der Waals surface area contributed by atoms with Crippen LogP contribution in [0.25, 0.3) is 5.65 Å². The summed E-state index contributed by atoms with van der Waals surface area (Å²) in [7, 11) is 0. The summed E-state index contributed by atoms with van der Waals surface area (Å²) < 4.78 is 2.00. The molecule has 4 rings (SSSR count). The Balaban J connectivity index is 1.43. The van der Waals surface area contributed by atoms with Crippen LogP contribution in [-0.4, -0.2) is 50.6 Å². The molecule has 6 nitrogen and oxygen atoms in total. The third-order valence-corrected chi connectivity index (χ3v) is 7.23. The number of amides is 1. The van der Waals surface area contributed by atoms with Crippen molar-refractivity contribution < 1.29 is 4.79 Å². The quantitative estimate of drug-likeness (QED) is 0.717. The monoisotopic (exact) mass is 439 g/mol. The maximum Gasteiger partial charge on any atom is 0.220 e. The van der Waals surface area contributed by atoms with E-state index in [9.17, 15) is 4.79 Å². The molecular formula is C26H41N5O.